The first-order valence-electron chi connectivity index (χ1n) is 5.16. The summed E-state index contributed by atoms with van der Waals surface area (Å²) in [6, 6.07) is 9.39. The summed E-state index contributed by atoms with van der Waals surface area (Å²) in [6.07, 6.45) is 3.07. The van der Waals surface area contributed by atoms with Gasteiger partial charge in [0.05, 0.1) is 17.4 Å². The summed E-state index contributed by atoms with van der Waals surface area (Å²) in [7, 11) is -2.97. The van der Waals surface area contributed by atoms with Gasteiger partial charge < -0.3 is 4.57 Å². The van der Waals surface area contributed by atoms with Crippen molar-refractivity contribution in [3.63, 3.8) is 0 Å². The number of rotatable bonds is 3. The maximum atomic E-state index is 11.1. The van der Waals surface area contributed by atoms with Crippen LogP contribution in [0.5, 0.6) is 0 Å². The van der Waals surface area contributed by atoms with E-state index in [2.05, 4.69) is 6.07 Å². The molecule has 1 aromatic carbocycles. The molecule has 0 N–H and O–H groups in total. The van der Waals surface area contributed by atoms with Crippen molar-refractivity contribution in [3.8, 4) is 6.07 Å². The Labute approximate surface area is 100 Å². The molecule has 0 saturated heterocycles. The van der Waals surface area contributed by atoms with Gasteiger partial charge in [0.15, 0.2) is 0 Å². The number of aromatic nitrogens is 1. The maximum absolute atomic E-state index is 11.1. The van der Waals surface area contributed by atoms with Crippen LogP contribution < -0.4 is 0 Å². The van der Waals surface area contributed by atoms with Gasteiger partial charge in [-0.15, -0.1) is 0 Å². The molecule has 0 spiro atoms. The quantitative estimate of drug-likeness (QED) is 0.828. The molecule has 2 rings (SSSR count). The number of hydrogen-bond acceptors (Lipinski definition) is 3. The van der Waals surface area contributed by atoms with Crippen molar-refractivity contribution in [1.82, 2.24) is 4.57 Å². The summed E-state index contributed by atoms with van der Waals surface area (Å²) < 4.78 is 24.1. The van der Waals surface area contributed by atoms with E-state index in [1.165, 1.54) is 6.26 Å². The zero-order valence-electron chi connectivity index (χ0n) is 9.42. The molecule has 2 aromatic rings. The molecule has 1 aromatic heterocycles. The lowest BCUT2D eigenvalue weighted by atomic mass is 10.2. The van der Waals surface area contributed by atoms with Crippen LogP contribution in [0.15, 0.2) is 30.5 Å². The van der Waals surface area contributed by atoms with Gasteiger partial charge in [-0.25, -0.2) is 8.42 Å². The van der Waals surface area contributed by atoms with Crippen molar-refractivity contribution >= 4 is 20.7 Å². The number of hydrogen-bond donors (Lipinski definition) is 0. The molecule has 88 valence electrons. The second-order valence-corrected chi connectivity index (χ2v) is 6.28. The summed E-state index contributed by atoms with van der Waals surface area (Å²) in [5.74, 6) is 0.105. The van der Waals surface area contributed by atoms with Gasteiger partial charge >= 0.3 is 0 Å². The third-order valence-corrected chi connectivity index (χ3v) is 3.53. The third kappa shape index (κ3) is 2.66. The molecule has 0 aliphatic carbocycles. The highest BCUT2D eigenvalue weighted by atomic mass is 32.2. The number of fused-ring (bicyclic) bond motifs is 1. The molecule has 0 fully saturated rings. The van der Waals surface area contributed by atoms with Crippen molar-refractivity contribution in [2.75, 3.05) is 12.0 Å². The lowest BCUT2D eigenvalue weighted by molar-refractivity contribution is 0.596. The van der Waals surface area contributed by atoms with Crippen LogP contribution in [-0.2, 0) is 16.4 Å². The fourth-order valence-electron chi connectivity index (χ4n) is 1.71. The number of benzene rings is 1. The highest BCUT2D eigenvalue weighted by molar-refractivity contribution is 7.90. The van der Waals surface area contributed by atoms with Crippen molar-refractivity contribution in [1.29, 1.82) is 5.26 Å². The molecular weight excluding hydrogens is 236 g/mol. The van der Waals surface area contributed by atoms with Crippen molar-refractivity contribution < 1.29 is 8.42 Å². The number of sulfone groups is 1. The number of nitriles is 1. The Balaban J connectivity index is 2.38. The first kappa shape index (κ1) is 11.7. The van der Waals surface area contributed by atoms with Gasteiger partial charge in [0.25, 0.3) is 0 Å². The van der Waals surface area contributed by atoms with Crippen LogP contribution in [0.2, 0.25) is 0 Å². The van der Waals surface area contributed by atoms with Gasteiger partial charge in [-0.3, -0.25) is 0 Å². The van der Waals surface area contributed by atoms with Gasteiger partial charge in [-0.1, -0.05) is 6.07 Å². The van der Waals surface area contributed by atoms with E-state index in [9.17, 15) is 8.42 Å². The highest BCUT2D eigenvalue weighted by Crippen LogP contribution is 2.17. The molecule has 1 heterocycles. The predicted octanol–water partition coefficient (Wildman–Crippen LogP) is 1.56. The average molecular weight is 248 g/mol. The Hall–Kier alpha value is -1.80. The van der Waals surface area contributed by atoms with Gasteiger partial charge in [0, 0.05) is 24.5 Å². The minimum atomic E-state index is -2.97. The summed E-state index contributed by atoms with van der Waals surface area (Å²) in [5.41, 5.74) is 1.48. The monoisotopic (exact) mass is 248 g/mol. The smallest absolute Gasteiger partial charge is 0.149 e. The SMILES string of the molecule is CS(=O)(=O)CCn1ccc2ccc(C#N)cc21. The lowest BCUT2D eigenvalue weighted by Crippen LogP contribution is -2.10. The molecule has 5 heteroatoms. The van der Waals surface area contributed by atoms with E-state index in [1.807, 2.05) is 22.9 Å². The molecule has 0 aliphatic rings. The average Bonchev–Trinajstić information content (AvgIpc) is 2.67. The van der Waals surface area contributed by atoms with Crippen LogP contribution >= 0.6 is 0 Å². The molecule has 0 amide bonds. The molecular formula is C12H12N2O2S. The van der Waals surface area contributed by atoms with Crippen molar-refractivity contribution in [3.05, 3.63) is 36.0 Å². The van der Waals surface area contributed by atoms with E-state index >= 15 is 0 Å². The van der Waals surface area contributed by atoms with Crippen molar-refractivity contribution in [2.45, 2.75) is 6.54 Å². The normalized spacial score (nSPS) is 11.5. The summed E-state index contributed by atoms with van der Waals surface area (Å²) >= 11 is 0. The van der Waals surface area contributed by atoms with E-state index in [0.717, 1.165) is 10.9 Å². The largest absolute Gasteiger partial charge is 0.346 e. The Kier molecular flexibility index (Phi) is 2.90. The highest BCUT2D eigenvalue weighted by Gasteiger charge is 2.06. The Morgan fingerprint density at radius 3 is 2.76 bits per heavy atom. The molecule has 17 heavy (non-hydrogen) atoms. The molecule has 0 atom stereocenters. The predicted molar refractivity (Wildman–Crippen MR) is 66.4 cm³/mol. The van der Waals surface area contributed by atoms with E-state index in [-0.39, 0.29) is 5.75 Å². The second-order valence-electron chi connectivity index (χ2n) is 4.02. The number of nitrogens with zero attached hydrogens (tertiary/aromatic N) is 2. The van der Waals surface area contributed by atoms with Gasteiger partial charge in [-0.2, -0.15) is 5.26 Å². The van der Waals surface area contributed by atoms with Gasteiger partial charge in [-0.05, 0) is 23.6 Å². The molecule has 0 aliphatic heterocycles. The Bertz CT molecular complexity index is 693. The molecule has 0 bridgehead atoms. The minimum absolute atomic E-state index is 0.105. The lowest BCUT2D eigenvalue weighted by Gasteiger charge is -2.04. The van der Waals surface area contributed by atoms with Crippen LogP contribution in [0, 0.1) is 11.3 Å². The second kappa shape index (κ2) is 4.22. The fourth-order valence-corrected chi connectivity index (χ4v) is 2.24. The first-order valence-corrected chi connectivity index (χ1v) is 7.22. The van der Waals surface area contributed by atoms with Gasteiger partial charge in [0.2, 0.25) is 0 Å². The Morgan fingerprint density at radius 2 is 2.12 bits per heavy atom. The van der Waals surface area contributed by atoms with Crippen LogP contribution in [0.4, 0.5) is 0 Å². The first-order chi connectivity index (χ1) is 7.99. The van der Waals surface area contributed by atoms with Crippen molar-refractivity contribution in [2.24, 2.45) is 0 Å². The number of aryl methyl sites for hydroxylation is 1. The van der Waals surface area contributed by atoms with Gasteiger partial charge in [0.1, 0.15) is 9.84 Å². The summed E-state index contributed by atoms with van der Waals surface area (Å²) in [6.45, 7) is 0.414. The Morgan fingerprint density at radius 1 is 1.35 bits per heavy atom. The maximum Gasteiger partial charge on any atom is 0.149 e. The molecule has 0 radical (unpaired) electrons. The minimum Gasteiger partial charge on any atom is -0.346 e. The van der Waals surface area contributed by atoms with E-state index in [0.29, 0.717) is 12.1 Å². The van der Waals surface area contributed by atoms with Crippen LogP contribution in [0.25, 0.3) is 10.9 Å². The van der Waals surface area contributed by atoms with Crippen LogP contribution in [-0.4, -0.2) is 25.0 Å². The fraction of sp³-hybridized carbons (Fsp3) is 0.250. The molecule has 0 saturated carbocycles. The third-order valence-electron chi connectivity index (χ3n) is 2.61. The summed E-state index contributed by atoms with van der Waals surface area (Å²) in [5, 5.41) is 9.84. The standard InChI is InChI=1S/C12H12N2O2S/c1-17(15,16)7-6-14-5-4-11-3-2-10(9-13)8-12(11)14/h2-5,8H,6-7H2,1H3. The zero-order valence-corrected chi connectivity index (χ0v) is 10.2. The van der Waals surface area contributed by atoms with E-state index in [1.54, 1.807) is 12.1 Å². The zero-order chi connectivity index (χ0) is 12.5. The van der Waals surface area contributed by atoms with E-state index in [4.69, 9.17) is 5.26 Å². The molecule has 4 nitrogen and oxygen atoms in total. The topological polar surface area (TPSA) is 62.9 Å². The van der Waals surface area contributed by atoms with Crippen LogP contribution in [0.1, 0.15) is 5.56 Å². The summed E-state index contributed by atoms with van der Waals surface area (Å²) in [4.78, 5) is 0. The van der Waals surface area contributed by atoms with E-state index < -0.39 is 9.84 Å². The molecule has 0 unspecified atom stereocenters. The van der Waals surface area contributed by atoms with Crippen LogP contribution in [0.3, 0.4) is 0 Å².